The van der Waals surface area contributed by atoms with E-state index < -0.39 is 26.7 Å². The van der Waals surface area contributed by atoms with Crippen molar-refractivity contribution < 1.29 is 21.6 Å². The van der Waals surface area contributed by atoms with Gasteiger partial charge in [0, 0.05) is 10.2 Å². The van der Waals surface area contributed by atoms with E-state index in [1.807, 2.05) is 6.92 Å². The molecule has 0 saturated heterocycles. The third-order valence-corrected chi connectivity index (χ3v) is 5.23. The molecule has 0 aliphatic carbocycles. The van der Waals surface area contributed by atoms with Crippen LogP contribution in [0, 0.1) is 6.92 Å². The molecule has 1 N–H and O–H groups in total. The molecule has 0 bridgehead atoms. The lowest BCUT2D eigenvalue weighted by molar-refractivity contribution is -0.137. The predicted octanol–water partition coefficient (Wildman–Crippen LogP) is 4.58. The van der Waals surface area contributed by atoms with Gasteiger partial charge in [0.05, 0.1) is 5.56 Å². The second-order valence-corrected chi connectivity index (χ2v) is 7.12. The van der Waals surface area contributed by atoms with Gasteiger partial charge >= 0.3 is 6.18 Å². The van der Waals surface area contributed by atoms with Crippen molar-refractivity contribution in [3.63, 3.8) is 0 Å². The number of alkyl halides is 3. The first-order chi connectivity index (χ1) is 10.1. The predicted molar refractivity (Wildman–Crippen MR) is 81.1 cm³/mol. The first kappa shape index (κ1) is 16.8. The number of hydrogen-bond acceptors (Lipinski definition) is 2. The van der Waals surface area contributed by atoms with Gasteiger partial charge in [-0.25, -0.2) is 8.42 Å². The first-order valence-corrected chi connectivity index (χ1v) is 8.33. The number of nitrogens with one attached hydrogen (secondary N) is 1. The molecule has 0 atom stereocenters. The summed E-state index contributed by atoms with van der Waals surface area (Å²) in [7, 11) is -4.14. The van der Waals surface area contributed by atoms with Crippen LogP contribution in [0.25, 0.3) is 0 Å². The van der Waals surface area contributed by atoms with Crippen molar-refractivity contribution in [2.24, 2.45) is 0 Å². The Balaban J connectivity index is 2.43. The number of rotatable bonds is 3. The van der Waals surface area contributed by atoms with Crippen LogP contribution in [-0.2, 0) is 16.2 Å². The van der Waals surface area contributed by atoms with Crippen molar-refractivity contribution in [1.82, 2.24) is 0 Å². The summed E-state index contributed by atoms with van der Waals surface area (Å²) in [6, 6.07) is 8.93. The van der Waals surface area contributed by atoms with Crippen LogP contribution in [-0.4, -0.2) is 8.42 Å². The number of sulfonamides is 1. The molecule has 0 radical (unpaired) electrons. The molecule has 0 aromatic heterocycles. The van der Waals surface area contributed by atoms with Gasteiger partial charge < -0.3 is 0 Å². The molecule has 0 aliphatic heterocycles. The maximum absolute atomic E-state index is 12.7. The number of benzene rings is 2. The summed E-state index contributed by atoms with van der Waals surface area (Å²) in [4.78, 5) is -0.470. The van der Waals surface area contributed by atoms with E-state index in [2.05, 4.69) is 20.7 Å². The summed E-state index contributed by atoms with van der Waals surface area (Å²) in [5.74, 6) is 0. The van der Waals surface area contributed by atoms with E-state index >= 15 is 0 Å². The molecule has 118 valence electrons. The smallest absolute Gasteiger partial charge is 0.280 e. The average molecular weight is 394 g/mol. The fourth-order valence-electron chi connectivity index (χ4n) is 1.72. The van der Waals surface area contributed by atoms with Crippen LogP contribution < -0.4 is 4.72 Å². The molecule has 0 amide bonds. The Morgan fingerprint density at radius 3 is 2.18 bits per heavy atom. The summed E-state index contributed by atoms with van der Waals surface area (Å²) in [5.41, 5.74) is 0.179. The zero-order valence-electron chi connectivity index (χ0n) is 11.3. The monoisotopic (exact) mass is 393 g/mol. The van der Waals surface area contributed by atoms with E-state index in [9.17, 15) is 21.6 Å². The molecule has 0 saturated carbocycles. The van der Waals surface area contributed by atoms with Crippen molar-refractivity contribution >= 4 is 31.6 Å². The topological polar surface area (TPSA) is 46.2 Å². The maximum Gasteiger partial charge on any atom is 0.416 e. The number of aryl methyl sites for hydroxylation is 1. The molecule has 2 aromatic rings. The molecule has 0 spiro atoms. The molecule has 3 nitrogen and oxygen atoms in total. The standard InChI is InChI=1S/C14H11BrF3NO2S/c1-9-2-5-11(6-3-9)19-22(20,21)13-8-10(14(16,17)18)4-7-12(13)15/h2-8,19H,1H3. The second kappa shape index (κ2) is 5.92. The van der Waals surface area contributed by atoms with Crippen LogP contribution in [0.15, 0.2) is 51.8 Å². The Kier molecular flexibility index (Phi) is 4.53. The first-order valence-electron chi connectivity index (χ1n) is 6.06. The number of halogens is 4. The molecule has 0 unspecified atom stereocenters. The van der Waals surface area contributed by atoms with Gasteiger partial charge in [0.2, 0.25) is 0 Å². The molecule has 8 heteroatoms. The molecule has 22 heavy (non-hydrogen) atoms. The van der Waals surface area contributed by atoms with Gasteiger partial charge in [-0.15, -0.1) is 0 Å². The average Bonchev–Trinajstić information content (AvgIpc) is 2.40. The summed E-state index contributed by atoms with van der Waals surface area (Å²) < 4.78 is 65.1. The van der Waals surface area contributed by atoms with Crippen LogP contribution >= 0.6 is 15.9 Å². The lowest BCUT2D eigenvalue weighted by Crippen LogP contribution is -2.15. The number of anilines is 1. The van der Waals surface area contributed by atoms with Gasteiger partial charge in [-0.3, -0.25) is 4.72 Å². The Labute approximate surface area is 134 Å². The van der Waals surface area contributed by atoms with Crippen LogP contribution in [0.1, 0.15) is 11.1 Å². The second-order valence-electron chi connectivity index (χ2n) is 4.61. The highest BCUT2D eigenvalue weighted by Crippen LogP contribution is 2.34. The fraction of sp³-hybridized carbons (Fsp3) is 0.143. The number of hydrogen-bond donors (Lipinski definition) is 1. The fourth-order valence-corrected chi connectivity index (χ4v) is 3.77. The van der Waals surface area contributed by atoms with Crippen molar-refractivity contribution in [1.29, 1.82) is 0 Å². The summed E-state index contributed by atoms with van der Waals surface area (Å²) in [6.45, 7) is 1.83. The summed E-state index contributed by atoms with van der Waals surface area (Å²) >= 11 is 2.97. The Morgan fingerprint density at radius 1 is 1.05 bits per heavy atom. The van der Waals surface area contributed by atoms with E-state index in [1.165, 1.54) is 12.1 Å². The minimum absolute atomic E-state index is 0.0557. The van der Waals surface area contributed by atoms with Gasteiger partial charge in [0.15, 0.2) is 0 Å². The van der Waals surface area contributed by atoms with Crippen LogP contribution in [0.5, 0.6) is 0 Å². The Hall–Kier alpha value is -1.54. The normalized spacial score (nSPS) is 12.2. The van der Waals surface area contributed by atoms with E-state index in [0.717, 1.165) is 17.7 Å². The molecule has 2 aromatic carbocycles. The molecule has 0 fully saturated rings. The summed E-state index contributed by atoms with van der Waals surface area (Å²) in [5, 5.41) is 0. The van der Waals surface area contributed by atoms with E-state index in [-0.39, 0.29) is 10.2 Å². The SMILES string of the molecule is Cc1ccc(NS(=O)(=O)c2cc(C(F)(F)F)ccc2Br)cc1. The third-order valence-electron chi connectivity index (χ3n) is 2.85. The maximum atomic E-state index is 12.7. The van der Waals surface area contributed by atoms with Crippen molar-refractivity contribution in [2.75, 3.05) is 4.72 Å². The third kappa shape index (κ3) is 3.80. The quantitative estimate of drug-likeness (QED) is 0.829. The summed E-state index contributed by atoms with van der Waals surface area (Å²) in [6.07, 6.45) is -4.62. The Bertz CT molecular complexity index is 787. The van der Waals surface area contributed by atoms with Crippen LogP contribution in [0.4, 0.5) is 18.9 Å². The van der Waals surface area contributed by atoms with E-state index in [0.29, 0.717) is 6.07 Å². The van der Waals surface area contributed by atoms with Crippen molar-refractivity contribution in [3.8, 4) is 0 Å². The van der Waals surface area contributed by atoms with Crippen molar-refractivity contribution in [2.45, 2.75) is 18.0 Å². The van der Waals surface area contributed by atoms with E-state index in [1.54, 1.807) is 12.1 Å². The minimum Gasteiger partial charge on any atom is -0.280 e. The van der Waals surface area contributed by atoms with Gasteiger partial charge in [-0.05, 0) is 53.2 Å². The van der Waals surface area contributed by atoms with Gasteiger partial charge in [-0.2, -0.15) is 13.2 Å². The Morgan fingerprint density at radius 2 is 1.64 bits per heavy atom. The zero-order chi connectivity index (χ0) is 16.5. The lowest BCUT2D eigenvalue weighted by Gasteiger charge is -2.13. The van der Waals surface area contributed by atoms with Crippen LogP contribution in [0.2, 0.25) is 0 Å². The molecule has 0 heterocycles. The van der Waals surface area contributed by atoms with Gasteiger partial charge in [0.1, 0.15) is 4.90 Å². The molecule has 0 aliphatic rings. The largest absolute Gasteiger partial charge is 0.416 e. The zero-order valence-corrected chi connectivity index (χ0v) is 13.7. The highest BCUT2D eigenvalue weighted by molar-refractivity contribution is 9.10. The highest BCUT2D eigenvalue weighted by Gasteiger charge is 2.32. The minimum atomic E-state index is -4.62. The molecule has 2 rings (SSSR count). The molecular weight excluding hydrogens is 383 g/mol. The van der Waals surface area contributed by atoms with Crippen molar-refractivity contribution in [3.05, 3.63) is 58.1 Å². The lowest BCUT2D eigenvalue weighted by atomic mass is 10.2. The highest BCUT2D eigenvalue weighted by atomic mass is 79.9. The van der Waals surface area contributed by atoms with E-state index in [4.69, 9.17) is 0 Å². The van der Waals surface area contributed by atoms with Gasteiger partial charge in [-0.1, -0.05) is 17.7 Å². The molecular formula is C14H11BrF3NO2S. The van der Waals surface area contributed by atoms with Gasteiger partial charge in [0.25, 0.3) is 10.0 Å². The van der Waals surface area contributed by atoms with Crippen LogP contribution in [0.3, 0.4) is 0 Å².